The van der Waals surface area contributed by atoms with E-state index in [1.54, 1.807) is 60.5 Å². The monoisotopic (exact) mass is 351 g/mol. The SMILES string of the molecule is COc1cccc(C(=O)c2ccc(C(=O)N3CC(O)C4(CC4)C3)cc2)c1. The summed E-state index contributed by atoms with van der Waals surface area (Å²) in [6.07, 6.45) is 1.57. The molecular formula is C21H21NO4. The number of methoxy groups -OCH3 is 1. The lowest BCUT2D eigenvalue weighted by molar-refractivity contribution is 0.0764. The van der Waals surface area contributed by atoms with Crippen LogP contribution in [0.25, 0.3) is 0 Å². The first-order valence-electron chi connectivity index (χ1n) is 8.79. The quantitative estimate of drug-likeness (QED) is 0.860. The van der Waals surface area contributed by atoms with Gasteiger partial charge in [0.05, 0.1) is 13.2 Å². The van der Waals surface area contributed by atoms with E-state index in [4.69, 9.17) is 4.74 Å². The molecule has 1 aliphatic carbocycles. The van der Waals surface area contributed by atoms with Gasteiger partial charge in [-0.3, -0.25) is 9.59 Å². The standard InChI is InChI=1S/C21H21NO4/c1-26-17-4-2-3-16(11-17)19(24)14-5-7-15(8-6-14)20(25)22-12-18(23)21(13-22)9-10-21/h2-8,11,18,23H,9-10,12-13H2,1H3. The van der Waals surface area contributed by atoms with Crippen LogP contribution in [0.15, 0.2) is 48.5 Å². The molecule has 1 aliphatic heterocycles. The van der Waals surface area contributed by atoms with E-state index in [2.05, 4.69) is 0 Å². The highest BCUT2D eigenvalue weighted by Crippen LogP contribution is 2.52. The van der Waals surface area contributed by atoms with Crippen molar-refractivity contribution < 1.29 is 19.4 Å². The average molecular weight is 351 g/mol. The fourth-order valence-electron chi connectivity index (χ4n) is 3.64. The Morgan fingerprint density at radius 1 is 1.08 bits per heavy atom. The molecule has 4 rings (SSSR count). The minimum Gasteiger partial charge on any atom is -0.497 e. The van der Waals surface area contributed by atoms with Crippen molar-refractivity contribution in [2.24, 2.45) is 5.41 Å². The van der Waals surface area contributed by atoms with E-state index in [9.17, 15) is 14.7 Å². The highest BCUT2D eigenvalue weighted by atomic mass is 16.5. The number of carbonyl (C=O) groups is 2. The zero-order chi connectivity index (χ0) is 18.3. The third kappa shape index (κ3) is 2.88. The van der Waals surface area contributed by atoms with Crippen LogP contribution >= 0.6 is 0 Å². The summed E-state index contributed by atoms with van der Waals surface area (Å²) in [6, 6.07) is 13.7. The Bertz CT molecular complexity index is 855. The van der Waals surface area contributed by atoms with E-state index >= 15 is 0 Å². The van der Waals surface area contributed by atoms with E-state index in [1.165, 1.54) is 0 Å². The van der Waals surface area contributed by atoms with Crippen LogP contribution in [0.3, 0.4) is 0 Å². The Hall–Kier alpha value is -2.66. The van der Waals surface area contributed by atoms with Gasteiger partial charge in [-0.05, 0) is 37.1 Å². The van der Waals surface area contributed by atoms with Crippen molar-refractivity contribution in [1.29, 1.82) is 0 Å². The molecule has 1 atom stereocenters. The van der Waals surface area contributed by atoms with Crippen LogP contribution in [0.4, 0.5) is 0 Å². The minimum absolute atomic E-state index is 0.0576. The second-order valence-corrected chi connectivity index (χ2v) is 7.20. The third-order valence-electron chi connectivity index (χ3n) is 5.51. The predicted molar refractivity (Wildman–Crippen MR) is 96.4 cm³/mol. The summed E-state index contributed by atoms with van der Waals surface area (Å²) in [5.74, 6) is 0.425. The zero-order valence-corrected chi connectivity index (χ0v) is 14.6. The lowest BCUT2D eigenvalue weighted by Gasteiger charge is -2.16. The predicted octanol–water partition coefficient (Wildman–Crippen LogP) is 2.52. The van der Waals surface area contributed by atoms with Crippen molar-refractivity contribution in [1.82, 2.24) is 4.90 Å². The number of β-amino-alcohol motifs (C(OH)–C–C–N with tert-alkyl or cyclic N) is 1. The molecule has 1 amide bonds. The number of carbonyl (C=O) groups excluding carboxylic acids is 2. The molecule has 1 saturated heterocycles. The molecule has 1 unspecified atom stereocenters. The van der Waals surface area contributed by atoms with Crippen LogP contribution in [0.1, 0.15) is 39.1 Å². The van der Waals surface area contributed by atoms with Gasteiger partial charge in [0.2, 0.25) is 0 Å². The molecule has 2 aromatic carbocycles. The van der Waals surface area contributed by atoms with Crippen molar-refractivity contribution in [3.8, 4) is 5.75 Å². The lowest BCUT2D eigenvalue weighted by atomic mass is 10.0. The Morgan fingerprint density at radius 2 is 1.77 bits per heavy atom. The van der Waals surface area contributed by atoms with Crippen LogP contribution in [0.5, 0.6) is 5.75 Å². The average Bonchev–Trinajstić information content (AvgIpc) is 3.39. The first kappa shape index (κ1) is 16.8. The normalized spacial score (nSPS) is 20.2. The molecule has 1 spiro atoms. The number of ether oxygens (including phenoxy) is 1. The summed E-state index contributed by atoms with van der Waals surface area (Å²) >= 11 is 0. The lowest BCUT2D eigenvalue weighted by Crippen LogP contribution is -2.29. The number of hydrogen-bond donors (Lipinski definition) is 1. The van der Waals surface area contributed by atoms with Crippen molar-refractivity contribution in [3.05, 3.63) is 65.2 Å². The zero-order valence-electron chi connectivity index (χ0n) is 14.6. The van der Waals surface area contributed by atoms with Gasteiger partial charge < -0.3 is 14.7 Å². The van der Waals surface area contributed by atoms with Gasteiger partial charge in [0.1, 0.15) is 5.75 Å². The Kier molecular flexibility index (Phi) is 4.04. The van der Waals surface area contributed by atoms with Crippen LogP contribution in [-0.2, 0) is 0 Å². The van der Waals surface area contributed by atoms with Crippen LogP contribution in [0.2, 0.25) is 0 Å². The van der Waals surface area contributed by atoms with Crippen molar-refractivity contribution in [2.45, 2.75) is 18.9 Å². The van der Waals surface area contributed by atoms with E-state index < -0.39 is 6.10 Å². The maximum atomic E-state index is 12.7. The van der Waals surface area contributed by atoms with Crippen molar-refractivity contribution >= 4 is 11.7 Å². The van der Waals surface area contributed by atoms with Crippen LogP contribution < -0.4 is 4.74 Å². The largest absolute Gasteiger partial charge is 0.497 e. The molecule has 2 fully saturated rings. The Labute approximate surface area is 152 Å². The second-order valence-electron chi connectivity index (χ2n) is 7.20. The van der Waals surface area contributed by atoms with Gasteiger partial charge >= 0.3 is 0 Å². The first-order valence-corrected chi connectivity index (χ1v) is 8.79. The fourth-order valence-corrected chi connectivity index (χ4v) is 3.64. The second kappa shape index (κ2) is 6.25. The van der Waals surface area contributed by atoms with E-state index in [0.29, 0.717) is 35.5 Å². The summed E-state index contributed by atoms with van der Waals surface area (Å²) < 4.78 is 5.16. The number of likely N-dealkylation sites (tertiary alicyclic amines) is 1. The summed E-state index contributed by atoms with van der Waals surface area (Å²) in [7, 11) is 1.56. The summed E-state index contributed by atoms with van der Waals surface area (Å²) in [4.78, 5) is 27.0. The molecule has 26 heavy (non-hydrogen) atoms. The molecule has 0 bridgehead atoms. The fraction of sp³-hybridized carbons (Fsp3) is 0.333. The highest BCUT2D eigenvalue weighted by molar-refractivity contribution is 6.09. The number of hydrogen-bond acceptors (Lipinski definition) is 4. The number of ketones is 1. The Morgan fingerprint density at radius 3 is 2.38 bits per heavy atom. The summed E-state index contributed by atoms with van der Waals surface area (Å²) in [5.41, 5.74) is 1.55. The highest BCUT2D eigenvalue weighted by Gasteiger charge is 2.55. The summed E-state index contributed by atoms with van der Waals surface area (Å²) in [6.45, 7) is 1.01. The molecule has 5 heteroatoms. The number of rotatable bonds is 4. The minimum atomic E-state index is -0.416. The van der Waals surface area contributed by atoms with E-state index in [-0.39, 0.29) is 17.1 Å². The Balaban J connectivity index is 1.49. The maximum Gasteiger partial charge on any atom is 0.253 e. The molecule has 2 aromatic rings. The van der Waals surface area contributed by atoms with E-state index in [1.807, 2.05) is 0 Å². The van der Waals surface area contributed by atoms with Crippen LogP contribution in [-0.4, -0.2) is 48.0 Å². The van der Waals surface area contributed by atoms with E-state index in [0.717, 1.165) is 12.8 Å². The molecule has 2 aliphatic rings. The van der Waals surface area contributed by atoms with Crippen molar-refractivity contribution in [3.63, 3.8) is 0 Å². The van der Waals surface area contributed by atoms with Gasteiger partial charge in [-0.25, -0.2) is 0 Å². The van der Waals surface area contributed by atoms with Gasteiger partial charge in [-0.2, -0.15) is 0 Å². The number of benzene rings is 2. The topological polar surface area (TPSA) is 66.8 Å². The molecule has 134 valence electrons. The number of aliphatic hydroxyl groups is 1. The number of aliphatic hydroxyl groups excluding tert-OH is 1. The molecular weight excluding hydrogens is 330 g/mol. The third-order valence-corrected chi connectivity index (χ3v) is 5.51. The molecule has 5 nitrogen and oxygen atoms in total. The van der Waals surface area contributed by atoms with Gasteiger partial charge in [0, 0.05) is 35.2 Å². The summed E-state index contributed by atoms with van der Waals surface area (Å²) in [5, 5.41) is 10.1. The van der Waals surface area contributed by atoms with Gasteiger partial charge in [-0.1, -0.05) is 24.3 Å². The molecule has 1 heterocycles. The van der Waals surface area contributed by atoms with Gasteiger partial charge in [-0.15, -0.1) is 0 Å². The number of nitrogens with zero attached hydrogens (tertiary/aromatic N) is 1. The maximum absolute atomic E-state index is 12.7. The van der Waals surface area contributed by atoms with Crippen molar-refractivity contribution in [2.75, 3.05) is 20.2 Å². The molecule has 0 radical (unpaired) electrons. The van der Waals surface area contributed by atoms with Gasteiger partial charge in [0.15, 0.2) is 5.78 Å². The number of amides is 1. The molecule has 1 N–H and O–H groups in total. The molecule has 1 saturated carbocycles. The van der Waals surface area contributed by atoms with Crippen LogP contribution in [0, 0.1) is 5.41 Å². The van der Waals surface area contributed by atoms with Gasteiger partial charge in [0.25, 0.3) is 5.91 Å². The first-order chi connectivity index (χ1) is 12.5. The smallest absolute Gasteiger partial charge is 0.253 e. The molecule has 0 aromatic heterocycles.